The van der Waals surface area contributed by atoms with Crippen molar-refractivity contribution in [2.24, 2.45) is 0 Å². The van der Waals surface area contributed by atoms with Gasteiger partial charge in [0.15, 0.2) is 0 Å². The Morgan fingerprint density at radius 2 is 1.85 bits per heavy atom. The molecule has 2 aromatic heterocycles. The molecule has 0 amide bonds. The molecule has 0 saturated carbocycles. The SMILES string of the molecule is Cc1nn(-c2cccc(C(=O)O)c2)c2oc(=O)cc(-c3ccccc3)c12. The molecule has 0 saturated heterocycles. The fraction of sp³-hybridized carbons (Fsp3) is 0.0500. The second kappa shape index (κ2) is 6.00. The highest BCUT2D eigenvalue weighted by Gasteiger charge is 2.18. The molecule has 6 heteroatoms. The van der Waals surface area contributed by atoms with Crippen LogP contribution in [0.15, 0.2) is 69.9 Å². The molecule has 0 unspecified atom stereocenters. The number of aromatic nitrogens is 2. The molecular weight excluding hydrogens is 332 g/mol. The number of carboxylic acid groups (broad SMARTS) is 1. The predicted molar refractivity (Wildman–Crippen MR) is 96.7 cm³/mol. The Hall–Kier alpha value is -3.67. The molecule has 4 rings (SSSR count). The first kappa shape index (κ1) is 15.8. The summed E-state index contributed by atoms with van der Waals surface area (Å²) in [5.74, 6) is -1.04. The number of rotatable bonds is 3. The number of benzene rings is 2. The van der Waals surface area contributed by atoms with Crippen LogP contribution in [-0.4, -0.2) is 20.9 Å². The maximum atomic E-state index is 12.1. The molecule has 2 heterocycles. The van der Waals surface area contributed by atoms with Crippen molar-refractivity contribution in [3.8, 4) is 16.8 Å². The second-order valence-corrected chi connectivity index (χ2v) is 5.88. The van der Waals surface area contributed by atoms with Gasteiger partial charge >= 0.3 is 11.6 Å². The average molecular weight is 346 g/mol. The summed E-state index contributed by atoms with van der Waals surface area (Å²) in [5.41, 5.74) is 2.73. The van der Waals surface area contributed by atoms with Crippen LogP contribution < -0.4 is 5.63 Å². The lowest BCUT2D eigenvalue weighted by Gasteiger charge is -2.05. The number of aromatic carboxylic acids is 1. The fourth-order valence-electron chi connectivity index (χ4n) is 3.02. The summed E-state index contributed by atoms with van der Waals surface area (Å²) in [6.07, 6.45) is 0. The summed E-state index contributed by atoms with van der Waals surface area (Å²) in [7, 11) is 0. The molecule has 6 nitrogen and oxygen atoms in total. The van der Waals surface area contributed by atoms with E-state index in [4.69, 9.17) is 4.42 Å². The summed E-state index contributed by atoms with van der Waals surface area (Å²) in [6, 6.07) is 17.3. The molecule has 0 radical (unpaired) electrons. The highest BCUT2D eigenvalue weighted by molar-refractivity contribution is 5.94. The highest BCUT2D eigenvalue weighted by atomic mass is 16.4. The van der Waals surface area contributed by atoms with Crippen LogP contribution in [-0.2, 0) is 0 Å². The zero-order valence-corrected chi connectivity index (χ0v) is 13.8. The van der Waals surface area contributed by atoms with Gasteiger partial charge < -0.3 is 9.52 Å². The van der Waals surface area contributed by atoms with Crippen LogP contribution >= 0.6 is 0 Å². The first-order valence-corrected chi connectivity index (χ1v) is 7.97. The maximum absolute atomic E-state index is 12.1. The zero-order chi connectivity index (χ0) is 18.3. The molecule has 4 aromatic rings. The molecule has 128 valence electrons. The monoisotopic (exact) mass is 346 g/mol. The molecule has 0 aliphatic carbocycles. The maximum Gasteiger partial charge on any atom is 0.338 e. The van der Waals surface area contributed by atoms with E-state index in [0.717, 1.165) is 16.5 Å². The molecule has 0 aliphatic heterocycles. The van der Waals surface area contributed by atoms with Crippen molar-refractivity contribution in [2.75, 3.05) is 0 Å². The van der Waals surface area contributed by atoms with Crippen LogP contribution in [0.2, 0.25) is 0 Å². The third kappa shape index (κ3) is 2.57. The molecule has 0 bridgehead atoms. The van der Waals surface area contributed by atoms with Gasteiger partial charge in [-0.05, 0) is 30.7 Å². The molecular formula is C20H14N2O4. The van der Waals surface area contributed by atoms with Crippen LogP contribution in [0.5, 0.6) is 0 Å². The third-order valence-corrected chi connectivity index (χ3v) is 4.17. The van der Waals surface area contributed by atoms with Crippen molar-refractivity contribution in [1.29, 1.82) is 0 Å². The first-order valence-electron chi connectivity index (χ1n) is 7.97. The number of fused-ring (bicyclic) bond motifs is 1. The minimum absolute atomic E-state index is 0.130. The van der Waals surface area contributed by atoms with E-state index in [9.17, 15) is 14.7 Å². The van der Waals surface area contributed by atoms with E-state index in [1.807, 2.05) is 37.3 Å². The Morgan fingerprint density at radius 1 is 1.08 bits per heavy atom. The summed E-state index contributed by atoms with van der Waals surface area (Å²) in [4.78, 5) is 23.4. The van der Waals surface area contributed by atoms with Gasteiger partial charge in [-0.2, -0.15) is 9.78 Å². The molecule has 0 atom stereocenters. The lowest BCUT2D eigenvalue weighted by Crippen LogP contribution is -2.03. The summed E-state index contributed by atoms with van der Waals surface area (Å²) < 4.78 is 6.89. The van der Waals surface area contributed by atoms with Gasteiger partial charge in [0.1, 0.15) is 0 Å². The Kier molecular flexibility index (Phi) is 3.65. The lowest BCUT2D eigenvalue weighted by molar-refractivity contribution is 0.0697. The van der Waals surface area contributed by atoms with Gasteiger partial charge in [-0.1, -0.05) is 36.4 Å². The van der Waals surface area contributed by atoms with E-state index < -0.39 is 11.6 Å². The van der Waals surface area contributed by atoms with Crippen molar-refractivity contribution < 1.29 is 14.3 Å². The highest BCUT2D eigenvalue weighted by Crippen LogP contribution is 2.31. The average Bonchev–Trinajstić information content (AvgIpc) is 2.98. The van der Waals surface area contributed by atoms with Gasteiger partial charge in [-0.3, -0.25) is 0 Å². The second-order valence-electron chi connectivity index (χ2n) is 5.88. The quantitative estimate of drug-likeness (QED) is 0.612. The van der Waals surface area contributed by atoms with Crippen molar-refractivity contribution in [3.63, 3.8) is 0 Å². The Morgan fingerprint density at radius 3 is 2.58 bits per heavy atom. The topological polar surface area (TPSA) is 85.3 Å². The van der Waals surface area contributed by atoms with E-state index in [0.29, 0.717) is 11.4 Å². The van der Waals surface area contributed by atoms with E-state index in [1.54, 1.807) is 12.1 Å². The summed E-state index contributed by atoms with van der Waals surface area (Å²) in [5, 5.41) is 14.4. The van der Waals surface area contributed by atoms with E-state index in [1.165, 1.54) is 22.9 Å². The Balaban J connectivity index is 2.03. The molecule has 2 aromatic carbocycles. The minimum Gasteiger partial charge on any atom is -0.478 e. The summed E-state index contributed by atoms with van der Waals surface area (Å²) >= 11 is 0. The largest absolute Gasteiger partial charge is 0.478 e. The zero-order valence-electron chi connectivity index (χ0n) is 13.8. The van der Waals surface area contributed by atoms with Crippen LogP contribution in [0.4, 0.5) is 0 Å². The number of hydrogen-bond donors (Lipinski definition) is 1. The predicted octanol–water partition coefficient (Wildman–Crippen LogP) is 3.65. The molecule has 0 aliphatic rings. The van der Waals surface area contributed by atoms with E-state index in [-0.39, 0.29) is 11.3 Å². The Labute approximate surface area is 147 Å². The van der Waals surface area contributed by atoms with E-state index >= 15 is 0 Å². The standard InChI is InChI=1S/C20H14N2O4/c1-12-18-16(13-6-3-2-4-7-13)11-17(23)26-19(18)22(21-12)15-9-5-8-14(10-15)20(24)25/h2-11H,1H3,(H,24,25). The number of aryl methyl sites for hydroxylation is 1. The van der Waals surface area contributed by atoms with Crippen LogP contribution in [0.25, 0.3) is 27.9 Å². The number of nitrogens with zero attached hydrogens (tertiary/aromatic N) is 2. The lowest BCUT2D eigenvalue weighted by atomic mass is 10.0. The van der Waals surface area contributed by atoms with Crippen molar-refractivity contribution in [1.82, 2.24) is 9.78 Å². The number of hydrogen-bond acceptors (Lipinski definition) is 4. The molecule has 1 N–H and O–H groups in total. The van der Waals surface area contributed by atoms with Crippen molar-refractivity contribution >= 4 is 17.1 Å². The van der Waals surface area contributed by atoms with Crippen LogP contribution in [0.3, 0.4) is 0 Å². The Bertz CT molecular complexity index is 1190. The van der Waals surface area contributed by atoms with Crippen LogP contribution in [0, 0.1) is 6.92 Å². The van der Waals surface area contributed by atoms with Gasteiger partial charge in [-0.25, -0.2) is 9.59 Å². The fourth-order valence-corrected chi connectivity index (χ4v) is 3.02. The molecule has 26 heavy (non-hydrogen) atoms. The van der Waals surface area contributed by atoms with Gasteiger partial charge in [-0.15, -0.1) is 0 Å². The van der Waals surface area contributed by atoms with Gasteiger partial charge in [0.2, 0.25) is 5.71 Å². The van der Waals surface area contributed by atoms with Gasteiger partial charge in [0.25, 0.3) is 0 Å². The van der Waals surface area contributed by atoms with Crippen molar-refractivity contribution in [2.45, 2.75) is 6.92 Å². The van der Waals surface area contributed by atoms with Gasteiger partial charge in [0, 0.05) is 11.6 Å². The molecule has 0 fully saturated rings. The minimum atomic E-state index is -1.04. The van der Waals surface area contributed by atoms with Crippen molar-refractivity contribution in [3.05, 3.63) is 82.3 Å². The number of carboxylic acids is 1. The third-order valence-electron chi connectivity index (χ3n) is 4.17. The van der Waals surface area contributed by atoms with E-state index in [2.05, 4.69) is 5.10 Å². The van der Waals surface area contributed by atoms with Gasteiger partial charge in [0.05, 0.1) is 22.3 Å². The molecule has 0 spiro atoms. The smallest absolute Gasteiger partial charge is 0.338 e. The van der Waals surface area contributed by atoms with Crippen LogP contribution in [0.1, 0.15) is 16.1 Å². The first-order chi connectivity index (χ1) is 12.5. The number of carbonyl (C=O) groups is 1. The summed E-state index contributed by atoms with van der Waals surface area (Å²) in [6.45, 7) is 1.83. The normalized spacial score (nSPS) is 11.0.